The Morgan fingerprint density at radius 3 is 2.39 bits per heavy atom. The number of aliphatic hydroxyl groups excluding tert-OH is 1. The van der Waals surface area contributed by atoms with Crippen LogP contribution in [0, 0.1) is 5.92 Å². The third-order valence-electron chi connectivity index (χ3n) is 3.15. The minimum absolute atomic E-state index is 0.236. The van der Waals surface area contributed by atoms with Crippen LogP contribution in [-0.4, -0.2) is 17.5 Å². The maximum atomic E-state index is 10.8. The third-order valence-corrected chi connectivity index (χ3v) is 3.15. The zero-order chi connectivity index (χ0) is 13.2. The minimum Gasteiger partial charge on any atom is -0.388 e. The number of rotatable bonds is 6. The van der Waals surface area contributed by atoms with Crippen molar-refractivity contribution < 1.29 is 9.90 Å². The molecule has 1 saturated carbocycles. The molecule has 100 valence electrons. The summed E-state index contributed by atoms with van der Waals surface area (Å²) in [4.78, 5) is 10.8. The van der Waals surface area contributed by atoms with Gasteiger partial charge in [-0.05, 0) is 5.92 Å². The van der Waals surface area contributed by atoms with Crippen molar-refractivity contribution in [2.45, 2.75) is 45.4 Å². The molecule has 1 aromatic rings. The largest absolute Gasteiger partial charge is 0.388 e. The number of carbonyl (C=O) groups excluding carboxylic acids is 1. The Labute approximate surface area is 110 Å². The Hall–Kier alpha value is -1.15. The summed E-state index contributed by atoms with van der Waals surface area (Å²) in [6, 6.07) is 8.72. The molecule has 0 atom stereocenters. The molecule has 1 aliphatic carbocycles. The lowest BCUT2D eigenvalue weighted by molar-refractivity contribution is 0.0904. The summed E-state index contributed by atoms with van der Waals surface area (Å²) in [6.45, 7) is 1.86. The second-order valence-corrected chi connectivity index (χ2v) is 4.89. The molecule has 0 spiro atoms. The number of hydrogen-bond donors (Lipinski definition) is 1. The van der Waals surface area contributed by atoms with Crippen LogP contribution in [0.2, 0.25) is 0 Å². The number of hydrogen-bond acceptors (Lipinski definition) is 2. The minimum atomic E-state index is -0.413. The number of aliphatic hydroxyl groups is 1. The van der Waals surface area contributed by atoms with Gasteiger partial charge in [0.05, 0.1) is 0 Å². The molecular formula is C16H24O2. The number of Topliss-reactive ketones (excluding diaryl/α,β-unsaturated/α-hetero) is 1. The van der Waals surface area contributed by atoms with Crippen molar-refractivity contribution in [3.63, 3.8) is 0 Å². The summed E-state index contributed by atoms with van der Waals surface area (Å²) < 4.78 is 0. The smallest absolute Gasteiger partial charge is 0.188 e. The van der Waals surface area contributed by atoms with Gasteiger partial charge >= 0.3 is 0 Å². The summed E-state index contributed by atoms with van der Waals surface area (Å²) in [7, 11) is 0. The first-order chi connectivity index (χ1) is 8.77. The van der Waals surface area contributed by atoms with E-state index in [1.807, 2.05) is 6.07 Å². The van der Waals surface area contributed by atoms with Gasteiger partial charge in [-0.15, -0.1) is 0 Å². The van der Waals surface area contributed by atoms with Crippen LogP contribution in [0.3, 0.4) is 0 Å². The lowest BCUT2D eigenvalue weighted by atomic mass is 10.1. The fourth-order valence-corrected chi connectivity index (χ4v) is 1.80. The van der Waals surface area contributed by atoms with E-state index in [4.69, 9.17) is 5.11 Å². The van der Waals surface area contributed by atoms with Crippen molar-refractivity contribution in [1.29, 1.82) is 0 Å². The van der Waals surface area contributed by atoms with Gasteiger partial charge in [0.15, 0.2) is 5.78 Å². The highest BCUT2D eigenvalue weighted by Gasteiger charge is 2.19. The van der Waals surface area contributed by atoms with E-state index in [9.17, 15) is 4.79 Å². The summed E-state index contributed by atoms with van der Waals surface area (Å²) in [6.07, 6.45) is 8.91. The molecule has 0 heterocycles. The molecular weight excluding hydrogens is 224 g/mol. The van der Waals surface area contributed by atoms with E-state index in [1.54, 1.807) is 24.3 Å². The molecule has 0 bridgehead atoms. The molecule has 1 aromatic carbocycles. The number of ketones is 1. The highest BCUT2D eigenvalue weighted by Crippen LogP contribution is 2.33. The molecule has 0 aromatic heterocycles. The van der Waals surface area contributed by atoms with Crippen LogP contribution in [0.25, 0.3) is 0 Å². The maximum Gasteiger partial charge on any atom is 0.188 e. The van der Waals surface area contributed by atoms with E-state index in [0.29, 0.717) is 5.56 Å². The predicted octanol–water partition coefficient (Wildman–Crippen LogP) is 3.84. The van der Waals surface area contributed by atoms with Gasteiger partial charge in [0, 0.05) is 5.56 Å². The van der Waals surface area contributed by atoms with Crippen molar-refractivity contribution in [2.75, 3.05) is 6.61 Å². The van der Waals surface area contributed by atoms with Crippen LogP contribution < -0.4 is 0 Å². The van der Waals surface area contributed by atoms with Crippen molar-refractivity contribution in [1.82, 2.24) is 0 Å². The molecule has 18 heavy (non-hydrogen) atoms. The van der Waals surface area contributed by atoms with Gasteiger partial charge in [-0.25, -0.2) is 0 Å². The van der Waals surface area contributed by atoms with E-state index in [1.165, 1.54) is 38.5 Å². The molecule has 0 aliphatic heterocycles. The van der Waals surface area contributed by atoms with Gasteiger partial charge in [0.25, 0.3) is 0 Å². The first kappa shape index (κ1) is 14.9. The Bertz CT molecular complexity index is 328. The van der Waals surface area contributed by atoms with Crippen LogP contribution in [-0.2, 0) is 0 Å². The zero-order valence-electron chi connectivity index (χ0n) is 11.3. The molecule has 2 rings (SSSR count). The SMILES string of the molecule is CCCCCC1CC1.O=C(CO)c1ccccc1. The standard InChI is InChI=1S/C8H8O2.C8H16/c9-6-8(10)7-4-2-1-3-5-7;1-2-3-4-5-8-6-7-8/h1-5,9H,6H2;8H,2-7H2,1H3. The summed E-state index contributed by atoms with van der Waals surface area (Å²) in [5.74, 6) is 0.919. The van der Waals surface area contributed by atoms with Crippen molar-refractivity contribution in [2.24, 2.45) is 5.92 Å². The van der Waals surface area contributed by atoms with Gasteiger partial charge in [-0.2, -0.15) is 0 Å². The molecule has 0 unspecified atom stereocenters. The topological polar surface area (TPSA) is 37.3 Å². The average molecular weight is 248 g/mol. The summed E-state index contributed by atoms with van der Waals surface area (Å²) >= 11 is 0. The highest BCUT2D eigenvalue weighted by atomic mass is 16.3. The highest BCUT2D eigenvalue weighted by molar-refractivity contribution is 5.96. The van der Waals surface area contributed by atoms with Crippen molar-refractivity contribution in [3.05, 3.63) is 35.9 Å². The Balaban J connectivity index is 0.000000184. The number of benzene rings is 1. The van der Waals surface area contributed by atoms with Crippen LogP contribution >= 0.6 is 0 Å². The fourth-order valence-electron chi connectivity index (χ4n) is 1.80. The monoisotopic (exact) mass is 248 g/mol. The van der Waals surface area contributed by atoms with Crippen LogP contribution in [0.15, 0.2) is 30.3 Å². The van der Waals surface area contributed by atoms with Gasteiger partial charge in [0.2, 0.25) is 0 Å². The van der Waals surface area contributed by atoms with Crippen LogP contribution in [0.4, 0.5) is 0 Å². The van der Waals surface area contributed by atoms with Crippen molar-refractivity contribution >= 4 is 5.78 Å². The molecule has 0 saturated heterocycles. The lowest BCUT2D eigenvalue weighted by Gasteiger charge is -1.93. The van der Waals surface area contributed by atoms with E-state index in [0.717, 1.165) is 5.92 Å². The molecule has 0 radical (unpaired) electrons. The number of carbonyl (C=O) groups is 1. The molecule has 1 fully saturated rings. The molecule has 1 N–H and O–H groups in total. The summed E-state index contributed by atoms with van der Waals surface area (Å²) in [5, 5.41) is 8.44. The van der Waals surface area contributed by atoms with Crippen LogP contribution in [0.5, 0.6) is 0 Å². The van der Waals surface area contributed by atoms with Gasteiger partial charge in [-0.3, -0.25) is 4.79 Å². The molecule has 2 nitrogen and oxygen atoms in total. The Morgan fingerprint density at radius 2 is 1.89 bits per heavy atom. The summed E-state index contributed by atoms with van der Waals surface area (Å²) in [5.41, 5.74) is 0.560. The lowest BCUT2D eigenvalue weighted by Crippen LogP contribution is -2.02. The average Bonchev–Trinajstić information content (AvgIpc) is 3.24. The molecule has 2 heteroatoms. The van der Waals surface area contributed by atoms with E-state index < -0.39 is 6.61 Å². The van der Waals surface area contributed by atoms with E-state index >= 15 is 0 Å². The van der Waals surface area contributed by atoms with Crippen LogP contribution in [0.1, 0.15) is 55.8 Å². The van der Waals surface area contributed by atoms with Gasteiger partial charge in [0.1, 0.15) is 6.61 Å². The first-order valence-electron chi connectivity index (χ1n) is 6.97. The first-order valence-corrected chi connectivity index (χ1v) is 6.97. The van der Waals surface area contributed by atoms with Gasteiger partial charge < -0.3 is 5.11 Å². The second kappa shape index (κ2) is 8.87. The molecule has 0 amide bonds. The number of unbranched alkanes of at least 4 members (excludes halogenated alkanes) is 2. The van der Waals surface area contributed by atoms with E-state index in [-0.39, 0.29) is 5.78 Å². The fraction of sp³-hybridized carbons (Fsp3) is 0.562. The third kappa shape index (κ3) is 6.55. The maximum absolute atomic E-state index is 10.8. The molecule has 1 aliphatic rings. The predicted molar refractivity (Wildman–Crippen MR) is 74.7 cm³/mol. The zero-order valence-corrected chi connectivity index (χ0v) is 11.3. The van der Waals surface area contributed by atoms with Crippen molar-refractivity contribution in [3.8, 4) is 0 Å². The normalized spacial score (nSPS) is 13.7. The Morgan fingerprint density at radius 1 is 1.22 bits per heavy atom. The second-order valence-electron chi connectivity index (χ2n) is 4.89. The van der Waals surface area contributed by atoms with E-state index in [2.05, 4.69) is 6.92 Å². The Kier molecular flexibility index (Phi) is 7.35. The quantitative estimate of drug-likeness (QED) is 0.613. The van der Waals surface area contributed by atoms with Gasteiger partial charge in [-0.1, -0.05) is 75.8 Å².